The van der Waals surface area contributed by atoms with Crippen molar-refractivity contribution in [1.82, 2.24) is 15.7 Å². The fraction of sp³-hybridized carbons (Fsp3) is 0.0769. The summed E-state index contributed by atoms with van der Waals surface area (Å²) in [6.45, 7) is 4.24. The van der Waals surface area contributed by atoms with E-state index in [9.17, 15) is 0 Å². The quantitative estimate of drug-likeness (QED) is 0.275. The topological polar surface area (TPSA) is 53.8 Å². The average molecular weight is 259 g/mol. The van der Waals surface area contributed by atoms with Gasteiger partial charge in [-0.1, -0.05) is 24.3 Å². The van der Waals surface area contributed by atoms with Gasteiger partial charge in [0.15, 0.2) is 0 Å². The number of hydrogen-bond donors (Lipinski definition) is 4. The number of H-pyrrole nitrogens is 1. The lowest BCUT2D eigenvalue weighted by atomic mass is 10.2. The highest BCUT2D eigenvalue weighted by atomic mass is 32.1. The Labute approximate surface area is 111 Å². The van der Waals surface area contributed by atoms with E-state index in [-0.39, 0.29) is 0 Å². The molecule has 0 amide bonds. The Kier molecular flexibility index (Phi) is 4.09. The summed E-state index contributed by atoms with van der Waals surface area (Å²) in [5.41, 5.74) is 5.06. The third-order valence-corrected chi connectivity index (χ3v) is 2.69. The van der Waals surface area contributed by atoms with Gasteiger partial charge in [0.25, 0.3) is 0 Å². The van der Waals surface area contributed by atoms with Crippen LogP contribution in [0, 0.1) is 0 Å². The van der Waals surface area contributed by atoms with E-state index in [0.717, 1.165) is 16.5 Å². The van der Waals surface area contributed by atoms with Gasteiger partial charge in [0.2, 0.25) is 11.3 Å². The molecule has 4 N–H and O–H groups in total. The van der Waals surface area contributed by atoms with Gasteiger partial charge in [-0.3, -0.25) is 0 Å². The zero-order chi connectivity index (χ0) is 12.8. The van der Waals surface area contributed by atoms with E-state index in [4.69, 9.17) is 12.2 Å². The summed E-state index contributed by atoms with van der Waals surface area (Å²) in [4.78, 5) is 3.20. The van der Waals surface area contributed by atoms with Crippen LogP contribution < -0.4 is 15.8 Å². The largest absolute Gasteiger partial charge is 0.360 e. The van der Waals surface area contributed by atoms with Gasteiger partial charge in [-0.15, -0.1) is 17.1 Å². The summed E-state index contributed by atoms with van der Waals surface area (Å²) in [6.07, 6.45) is 5.55. The highest BCUT2D eigenvalue weighted by Crippen LogP contribution is 2.14. The summed E-state index contributed by atoms with van der Waals surface area (Å²) in [5.74, 6) is 0. The number of hydrazine groups is 1. The second-order valence-corrected chi connectivity index (χ2v) is 4.11. The van der Waals surface area contributed by atoms with Crippen molar-refractivity contribution in [3.8, 4) is 0 Å². The minimum absolute atomic E-state index is 0.533. The van der Waals surface area contributed by atoms with Crippen LogP contribution in [0.2, 0.25) is 0 Å². The minimum atomic E-state index is 0.533. The Morgan fingerprint density at radius 3 is 3.11 bits per heavy atom. The number of aromatic amines is 1. The normalized spacial score (nSPS) is 10.7. The second-order valence-electron chi connectivity index (χ2n) is 3.70. The van der Waals surface area contributed by atoms with Crippen LogP contribution in [0.4, 0.5) is 0 Å². The predicted molar refractivity (Wildman–Crippen MR) is 78.4 cm³/mol. The Morgan fingerprint density at radius 2 is 2.28 bits per heavy atom. The number of aromatic nitrogens is 1. The zero-order valence-electron chi connectivity index (χ0n) is 9.86. The molecule has 1 aromatic carbocycles. The highest BCUT2D eigenvalue weighted by molar-refractivity contribution is 7.80. The van der Waals surface area contributed by atoms with Crippen molar-refractivity contribution in [1.29, 1.82) is 0 Å². The fourth-order valence-electron chi connectivity index (χ4n) is 1.60. The van der Waals surface area contributed by atoms with Gasteiger partial charge in [-0.25, -0.2) is 0 Å². The Morgan fingerprint density at radius 1 is 1.44 bits per heavy atom. The van der Waals surface area contributed by atoms with Gasteiger partial charge in [0, 0.05) is 23.6 Å². The summed E-state index contributed by atoms with van der Waals surface area (Å²) < 4.78 is 0. The molecular formula is C13H15N4S+. The van der Waals surface area contributed by atoms with Crippen molar-refractivity contribution in [2.75, 3.05) is 6.54 Å². The van der Waals surface area contributed by atoms with Crippen LogP contribution in [0.25, 0.3) is 10.9 Å². The molecule has 0 aliphatic heterocycles. The molecule has 0 unspecified atom stereocenters. The van der Waals surface area contributed by atoms with Gasteiger partial charge >= 0.3 is 0 Å². The van der Waals surface area contributed by atoms with E-state index in [1.807, 2.05) is 30.6 Å². The molecule has 4 nitrogen and oxygen atoms in total. The number of fused-ring (bicyclic) bond motifs is 1. The lowest BCUT2D eigenvalue weighted by Crippen LogP contribution is -2.82. The molecule has 0 saturated heterocycles. The monoisotopic (exact) mass is 259 g/mol. The maximum Gasteiger partial charge on any atom is 0.224 e. The Balaban J connectivity index is 2.01. The molecule has 2 rings (SSSR count). The molecule has 18 heavy (non-hydrogen) atoms. The first kappa shape index (κ1) is 12.3. The van der Waals surface area contributed by atoms with E-state index in [1.54, 1.807) is 6.08 Å². The minimum Gasteiger partial charge on any atom is -0.360 e. The van der Waals surface area contributed by atoms with Gasteiger partial charge in [-0.2, -0.15) is 0 Å². The first-order valence-corrected chi connectivity index (χ1v) is 6.01. The zero-order valence-corrected chi connectivity index (χ0v) is 10.7. The van der Waals surface area contributed by atoms with Crippen LogP contribution in [0.15, 0.2) is 43.1 Å². The van der Waals surface area contributed by atoms with Crippen molar-refractivity contribution in [2.45, 2.75) is 0 Å². The first-order valence-electron chi connectivity index (χ1n) is 5.61. The molecule has 0 fully saturated rings. The highest BCUT2D eigenvalue weighted by Gasteiger charge is 2.02. The maximum absolute atomic E-state index is 5.05. The van der Waals surface area contributed by atoms with Gasteiger partial charge in [0.1, 0.15) is 0 Å². The molecule has 5 heteroatoms. The molecule has 0 atom stereocenters. The van der Waals surface area contributed by atoms with Crippen LogP contribution in [0.5, 0.6) is 0 Å². The molecular weight excluding hydrogens is 244 g/mol. The smallest absolute Gasteiger partial charge is 0.224 e. The third-order valence-electron chi connectivity index (χ3n) is 2.44. The summed E-state index contributed by atoms with van der Waals surface area (Å²) in [7, 11) is 0. The molecule has 0 saturated carbocycles. The number of benzene rings is 1. The first-order chi connectivity index (χ1) is 8.81. The van der Waals surface area contributed by atoms with Crippen molar-refractivity contribution in [3.05, 3.63) is 48.7 Å². The molecule has 1 heterocycles. The number of rotatable bonds is 4. The van der Waals surface area contributed by atoms with Crippen LogP contribution in [-0.4, -0.2) is 22.9 Å². The lowest BCUT2D eigenvalue weighted by Gasteiger charge is -1.98. The molecule has 0 radical (unpaired) electrons. The standard InChI is InChI=1S/C13H14N4S/c1-2-7-14-13(18)17-16-9-10-8-15-12-6-4-3-5-11(10)12/h2-6,8-9,15H,1,7H2,(H2,14,17,18)/p+1. The van der Waals surface area contributed by atoms with Gasteiger partial charge in [0.05, 0.1) is 5.56 Å². The number of hydrogen-bond acceptors (Lipinski definition) is 1. The maximum atomic E-state index is 5.05. The van der Waals surface area contributed by atoms with Crippen molar-refractivity contribution in [3.63, 3.8) is 0 Å². The van der Waals surface area contributed by atoms with E-state index < -0.39 is 0 Å². The van der Waals surface area contributed by atoms with Gasteiger partial charge < -0.3 is 10.3 Å². The molecule has 92 valence electrons. The van der Waals surface area contributed by atoms with Gasteiger partial charge in [-0.05, 0) is 18.3 Å². The molecule has 0 spiro atoms. The summed E-state index contributed by atoms with van der Waals surface area (Å²) in [6, 6.07) is 8.11. The van der Waals surface area contributed by atoms with E-state index >= 15 is 0 Å². The van der Waals surface area contributed by atoms with Crippen LogP contribution in [-0.2, 0) is 0 Å². The number of thiocarbonyl (C=S) groups is 1. The fourth-order valence-corrected chi connectivity index (χ4v) is 1.74. The molecule has 0 aliphatic rings. The number of para-hydroxylation sites is 1. The second kappa shape index (κ2) is 5.97. The molecule has 0 bridgehead atoms. The Bertz CT molecular complexity index is 585. The van der Waals surface area contributed by atoms with E-state index in [1.165, 1.54) is 0 Å². The SMILES string of the molecule is C=CCNC(=S)N[NH+]=Cc1c[nH]c2ccccc12. The van der Waals surface area contributed by atoms with E-state index in [2.05, 4.69) is 33.5 Å². The number of nitrogens with one attached hydrogen (secondary N) is 4. The predicted octanol–water partition coefficient (Wildman–Crippen LogP) is 0.233. The van der Waals surface area contributed by atoms with Crippen LogP contribution >= 0.6 is 12.2 Å². The molecule has 1 aromatic heterocycles. The molecule has 2 aromatic rings. The summed E-state index contributed by atoms with van der Waals surface area (Å²) in [5, 5.41) is 7.61. The Hall–Kier alpha value is -2.14. The van der Waals surface area contributed by atoms with Crippen molar-refractivity contribution >= 4 is 34.4 Å². The van der Waals surface area contributed by atoms with Crippen LogP contribution in [0.1, 0.15) is 5.56 Å². The number of hydrazone groups is 1. The van der Waals surface area contributed by atoms with Crippen molar-refractivity contribution < 1.29 is 5.10 Å². The third kappa shape index (κ3) is 2.95. The lowest BCUT2D eigenvalue weighted by molar-refractivity contribution is -0.500. The van der Waals surface area contributed by atoms with Crippen LogP contribution in [0.3, 0.4) is 0 Å². The average Bonchev–Trinajstić information content (AvgIpc) is 2.80. The van der Waals surface area contributed by atoms with Crippen molar-refractivity contribution in [2.24, 2.45) is 0 Å². The van der Waals surface area contributed by atoms with E-state index in [0.29, 0.717) is 11.7 Å². The summed E-state index contributed by atoms with van der Waals surface area (Å²) >= 11 is 5.05. The molecule has 0 aliphatic carbocycles.